The highest BCUT2D eigenvalue weighted by molar-refractivity contribution is 6.34. The van der Waals surface area contributed by atoms with Crippen LogP contribution in [0.5, 0.6) is 0 Å². The minimum atomic E-state index is -0.220. The number of nitrogen functional groups attached to an aromatic ring is 1. The summed E-state index contributed by atoms with van der Waals surface area (Å²) in [6, 6.07) is 4.85. The fourth-order valence-corrected chi connectivity index (χ4v) is 2.49. The van der Waals surface area contributed by atoms with Gasteiger partial charge in [-0.2, -0.15) is 0 Å². The van der Waals surface area contributed by atoms with Gasteiger partial charge in [0.25, 0.3) is 5.91 Å². The maximum Gasteiger partial charge on any atom is 0.252 e. The van der Waals surface area contributed by atoms with Crippen molar-refractivity contribution in [1.82, 2.24) is 5.32 Å². The number of hydrogen-bond acceptors (Lipinski definition) is 3. The number of nitrogens with two attached hydrogens (primary N) is 1. The van der Waals surface area contributed by atoms with E-state index >= 15 is 0 Å². The number of hydrogen-bond donors (Lipinski definition) is 3. The predicted molar refractivity (Wildman–Crippen MR) is 71.5 cm³/mol. The molecular weight excluding hydrogens is 252 g/mol. The largest absolute Gasteiger partial charge is 0.399 e. The second kappa shape index (κ2) is 5.59. The Morgan fingerprint density at radius 2 is 2.28 bits per heavy atom. The maximum absolute atomic E-state index is 11.9. The summed E-state index contributed by atoms with van der Waals surface area (Å²) in [7, 11) is 0. The average molecular weight is 269 g/mol. The van der Waals surface area contributed by atoms with Crippen LogP contribution in [-0.4, -0.2) is 23.7 Å². The van der Waals surface area contributed by atoms with Gasteiger partial charge in [-0.05, 0) is 43.4 Å². The Hall–Kier alpha value is -1.26. The zero-order valence-corrected chi connectivity index (χ0v) is 10.8. The lowest BCUT2D eigenvalue weighted by Gasteiger charge is -2.12. The number of carbonyl (C=O) groups is 1. The van der Waals surface area contributed by atoms with E-state index in [1.807, 2.05) is 0 Å². The van der Waals surface area contributed by atoms with E-state index in [0.717, 1.165) is 19.3 Å². The summed E-state index contributed by atoms with van der Waals surface area (Å²) in [6.45, 7) is 0.570. The molecular formula is C13H17ClN2O2. The van der Waals surface area contributed by atoms with Crippen LogP contribution in [0.1, 0.15) is 29.6 Å². The number of aliphatic hydroxyl groups excluding tert-OH is 1. The van der Waals surface area contributed by atoms with Crippen LogP contribution < -0.4 is 11.1 Å². The number of halogens is 1. The Morgan fingerprint density at radius 3 is 2.94 bits per heavy atom. The molecule has 1 saturated carbocycles. The molecule has 0 heterocycles. The number of rotatable bonds is 3. The third-order valence-electron chi connectivity index (χ3n) is 3.30. The molecule has 1 aromatic rings. The van der Waals surface area contributed by atoms with Gasteiger partial charge in [0.2, 0.25) is 0 Å². The first-order chi connectivity index (χ1) is 8.56. The number of aliphatic hydroxyl groups is 1. The first-order valence-corrected chi connectivity index (χ1v) is 6.45. The van der Waals surface area contributed by atoms with Crippen LogP contribution in [0.15, 0.2) is 18.2 Å². The molecule has 1 amide bonds. The fraction of sp³-hybridized carbons (Fsp3) is 0.462. The molecule has 0 aliphatic heterocycles. The highest BCUT2D eigenvalue weighted by Gasteiger charge is 2.23. The van der Waals surface area contributed by atoms with E-state index in [1.54, 1.807) is 18.2 Å². The third kappa shape index (κ3) is 3.15. The highest BCUT2D eigenvalue weighted by Crippen LogP contribution is 2.25. The summed E-state index contributed by atoms with van der Waals surface area (Å²) in [5.41, 5.74) is 6.54. The van der Waals surface area contributed by atoms with Gasteiger partial charge >= 0.3 is 0 Å². The molecule has 0 radical (unpaired) electrons. The molecule has 1 aliphatic rings. The zero-order chi connectivity index (χ0) is 13.1. The fourth-order valence-electron chi connectivity index (χ4n) is 2.28. The van der Waals surface area contributed by atoms with Gasteiger partial charge in [-0.25, -0.2) is 0 Å². The van der Waals surface area contributed by atoms with Crippen molar-refractivity contribution in [2.24, 2.45) is 5.92 Å². The minimum Gasteiger partial charge on any atom is -0.399 e. The van der Waals surface area contributed by atoms with Crippen LogP contribution in [0, 0.1) is 5.92 Å². The Bertz CT molecular complexity index is 451. The van der Waals surface area contributed by atoms with Crippen LogP contribution >= 0.6 is 11.6 Å². The molecule has 5 heteroatoms. The Balaban J connectivity index is 1.93. The summed E-state index contributed by atoms with van der Waals surface area (Å²) in [4.78, 5) is 11.9. The van der Waals surface area contributed by atoms with E-state index in [9.17, 15) is 9.90 Å². The Kier molecular flexibility index (Phi) is 4.09. The van der Waals surface area contributed by atoms with Gasteiger partial charge in [0.1, 0.15) is 0 Å². The van der Waals surface area contributed by atoms with Gasteiger partial charge in [-0.15, -0.1) is 0 Å². The standard InChI is InChI=1S/C13H17ClN2O2/c14-12-4-2-9(15)6-11(12)13(18)16-7-8-1-3-10(17)5-8/h2,4,6,8,10,17H,1,3,5,7,15H2,(H,16,18). The summed E-state index contributed by atoms with van der Waals surface area (Å²) in [5.74, 6) is 0.137. The van der Waals surface area contributed by atoms with Crippen molar-refractivity contribution in [1.29, 1.82) is 0 Å². The van der Waals surface area contributed by atoms with Crippen molar-refractivity contribution in [3.63, 3.8) is 0 Å². The number of nitrogens with one attached hydrogen (secondary N) is 1. The number of benzene rings is 1. The molecule has 2 atom stereocenters. The molecule has 98 valence electrons. The molecule has 1 aromatic carbocycles. The quantitative estimate of drug-likeness (QED) is 0.732. The van der Waals surface area contributed by atoms with Crippen LogP contribution in [0.25, 0.3) is 0 Å². The van der Waals surface area contributed by atoms with Crippen molar-refractivity contribution >= 4 is 23.2 Å². The first-order valence-electron chi connectivity index (χ1n) is 6.07. The van der Waals surface area contributed by atoms with Crippen LogP contribution in [0.2, 0.25) is 5.02 Å². The second-order valence-corrected chi connectivity index (χ2v) is 5.19. The van der Waals surface area contributed by atoms with Gasteiger partial charge in [0.05, 0.1) is 16.7 Å². The van der Waals surface area contributed by atoms with E-state index in [-0.39, 0.29) is 12.0 Å². The van der Waals surface area contributed by atoms with Crippen molar-refractivity contribution in [3.05, 3.63) is 28.8 Å². The van der Waals surface area contributed by atoms with E-state index in [1.165, 1.54) is 0 Å². The number of anilines is 1. The average Bonchev–Trinajstić information content (AvgIpc) is 2.75. The van der Waals surface area contributed by atoms with Gasteiger partial charge in [0, 0.05) is 12.2 Å². The zero-order valence-electron chi connectivity index (χ0n) is 10.0. The molecule has 2 rings (SSSR count). The molecule has 0 spiro atoms. The molecule has 0 aromatic heterocycles. The van der Waals surface area contributed by atoms with E-state index in [0.29, 0.717) is 28.7 Å². The molecule has 2 unspecified atom stereocenters. The number of carbonyl (C=O) groups excluding carboxylic acids is 1. The molecule has 0 bridgehead atoms. The van der Waals surface area contributed by atoms with E-state index in [2.05, 4.69) is 5.32 Å². The van der Waals surface area contributed by atoms with Crippen LogP contribution in [-0.2, 0) is 0 Å². The minimum absolute atomic E-state index is 0.214. The molecule has 1 fully saturated rings. The molecule has 18 heavy (non-hydrogen) atoms. The lowest BCUT2D eigenvalue weighted by molar-refractivity contribution is 0.0945. The summed E-state index contributed by atoms with van der Waals surface area (Å²) in [6.07, 6.45) is 2.30. The van der Waals surface area contributed by atoms with Gasteiger partial charge < -0.3 is 16.2 Å². The van der Waals surface area contributed by atoms with E-state index < -0.39 is 0 Å². The smallest absolute Gasteiger partial charge is 0.252 e. The molecule has 1 aliphatic carbocycles. The lowest BCUT2D eigenvalue weighted by atomic mass is 10.1. The third-order valence-corrected chi connectivity index (χ3v) is 3.63. The SMILES string of the molecule is Nc1ccc(Cl)c(C(=O)NCC2CCC(O)C2)c1. The molecule has 4 nitrogen and oxygen atoms in total. The second-order valence-electron chi connectivity index (χ2n) is 4.78. The molecule has 0 saturated heterocycles. The van der Waals surface area contributed by atoms with Crippen molar-refractivity contribution < 1.29 is 9.90 Å². The Labute approximate surface area is 111 Å². The van der Waals surface area contributed by atoms with Crippen LogP contribution in [0.3, 0.4) is 0 Å². The normalized spacial score (nSPS) is 23.0. The predicted octanol–water partition coefficient (Wildman–Crippen LogP) is 1.81. The summed E-state index contributed by atoms with van der Waals surface area (Å²) in [5, 5.41) is 12.6. The van der Waals surface area contributed by atoms with Crippen molar-refractivity contribution in [2.45, 2.75) is 25.4 Å². The monoisotopic (exact) mass is 268 g/mol. The summed E-state index contributed by atoms with van der Waals surface area (Å²) < 4.78 is 0. The Morgan fingerprint density at radius 1 is 1.50 bits per heavy atom. The lowest BCUT2D eigenvalue weighted by Crippen LogP contribution is -2.29. The maximum atomic E-state index is 11.9. The first kappa shape index (κ1) is 13.2. The van der Waals surface area contributed by atoms with Gasteiger partial charge in [-0.1, -0.05) is 11.6 Å². The van der Waals surface area contributed by atoms with Gasteiger partial charge in [0.15, 0.2) is 0 Å². The number of amides is 1. The van der Waals surface area contributed by atoms with Gasteiger partial charge in [-0.3, -0.25) is 4.79 Å². The summed E-state index contributed by atoms with van der Waals surface area (Å²) >= 11 is 5.95. The van der Waals surface area contributed by atoms with E-state index in [4.69, 9.17) is 17.3 Å². The highest BCUT2D eigenvalue weighted by atomic mass is 35.5. The van der Waals surface area contributed by atoms with Crippen molar-refractivity contribution in [2.75, 3.05) is 12.3 Å². The van der Waals surface area contributed by atoms with Crippen LogP contribution in [0.4, 0.5) is 5.69 Å². The van der Waals surface area contributed by atoms with Crippen molar-refractivity contribution in [3.8, 4) is 0 Å². The molecule has 4 N–H and O–H groups in total. The topological polar surface area (TPSA) is 75.4 Å².